The van der Waals surface area contributed by atoms with Gasteiger partial charge in [0.2, 0.25) is 0 Å². The zero-order chi connectivity index (χ0) is 21.3. The van der Waals surface area contributed by atoms with Crippen LogP contribution in [0.3, 0.4) is 0 Å². The lowest BCUT2D eigenvalue weighted by molar-refractivity contribution is 0.0734. The fourth-order valence-corrected chi connectivity index (χ4v) is 2.99. The molecule has 0 bridgehead atoms. The van der Waals surface area contributed by atoms with Gasteiger partial charge >= 0.3 is 5.97 Å². The van der Waals surface area contributed by atoms with Crippen LogP contribution in [0.1, 0.15) is 15.9 Å². The second-order valence-corrected chi connectivity index (χ2v) is 7.31. The number of nitrogens with one attached hydrogen (secondary N) is 2. The van der Waals surface area contributed by atoms with Gasteiger partial charge in [0.05, 0.1) is 18.9 Å². The van der Waals surface area contributed by atoms with Crippen molar-refractivity contribution in [1.82, 2.24) is 5.43 Å². The molecule has 0 radical (unpaired) electrons. The van der Waals surface area contributed by atoms with Crippen LogP contribution in [0, 0.1) is 0 Å². The second-order valence-electron chi connectivity index (χ2n) is 5.99. The summed E-state index contributed by atoms with van der Waals surface area (Å²) in [5.74, 6) is 0.546. The second kappa shape index (κ2) is 10.5. The summed E-state index contributed by atoms with van der Waals surface area (Å²) >= 11 is 8.64. The third kappa shape index (κ3) is 6.13. The predicted octanol–water partition coefficient (Wildman–Crippen LogP) is 5.00. The Morgan fingerprint density at radius 1 is 1.07 bits per heavy atom. The number of thiocarbonyl (C=S) groups is 1. The molecule has 2 N–H and O–H groups in total. The molecule has 0 aliphatic rings. The molecule has 0 fully saturated rings. The highest BCUT2D eigenvalue weighted by molar-refractivity contribution is 9.10. The molecular weight excluding hydrogens is 466 g/mol. The third-order valence-electron chi connectivity index (χ3n) is 3.90. The van der Waals surface area contributed by atoms with Crippen molar-refractivity contribution in [3.8, 4) is 11.5 Å². The van der Waals surface area contributed by atoms with Gasteiger partial charge in [-0.25, -0.2) is 4.79 Å². The molecule has 3 aromatic carbocycles. The lowest BCUT2D eigenvalue weighted by atomic mass is 10.2. The van der Waals surface area contributed by atoms with E-state index in [1.54, 1.807) is 49.6 Å². The number of benzene rings is 3. The van der Waals surface area contributed by atoms with Crippen LogP contribution in [0.15, 0.2) is 82.4 Å². The lowest BCUT2D eigenvalue weighted by Gasteiger charge is -2.09. The van der Waals surface area contributed by atoms with Crippen LogP contribution < -0.4 is 20.2 Å². The van der Waals surface area contributed by atoms with Crippen LogP contribution in [0.25, 0.3) is 0 Å². The minimum Gasteiger partial charge on any atom is -0.497 e. The van der Waals surface area contributed by atoms with E-state index in [1.807, 2.05) is 30.3 Å². The molecule has 0 aliphatic heterocycles. The van der Waals surface area contributed by atoms with E-state index in [9.17, 15) is 4.79 Å². The van der Waals surface area contributed by atoms with Crippen molar-refractivity contribution in [2.24, 2.45) is 5.10 Å². The number of carbonyl (C=O) groups is 1. The van der Waals surface area contributed by atoms with Gasteiger partial charge in [-0.3, -0.25) is 5.43 Å². The minimum atomic E-state index is -0.483. The normalized spacial score (nSPS) is 10.5. The van der Waals surface area contributed by atoms with Crippen LogP contribution in [-0.4, -0.2) is 24.4 Å². The maximum atomic E-state index is 12.5. The van der Waals surface area contributed by atoms with Crippen LogP contribution in [0.4, 0.5) is 5.69 Å². The van der Waals surface area contributed by atoms with Crippen molar-refractivity contribution in [2.45, 2.75) is 0 Å². The third-order valence-corrected chi connectivity index (χ3v) is 4.59. The zero-order valence-electron chi connectivity index (χ0n) is 16.0. The van der Waals surface area contributed by atoms with Crippen molar-refractivity contribution in [2.75, 3.05) is 12.4 Å². The molecule has 0 heterocycles. The van der Waals surface area contributed by atoms with Gasteiger partial charge in [0.1, 0.15) is 11.5 Å². The number of para-hydroxylation sites is 1. The summed E-state index contributed by atoms with van der Waals surface area (Å²) in [6.07, 6.45) is 1.53. The molecule has 152 valence electrons. The van der Waals surface area contributed by atoms with Gasteiger partial charge in [-0.05, 0) is 66.8 Å². The number of esters is 1. The molecule has 0 spiro atoms. The summed E-state index contributed by atoms with van der Waals surface area (Å²) in [7, 11) is 1.57. The highest BCUT2D eigenvalue weighted by Gasteiger charge is 2.12. The number of anilines is 1. The molecular formula is C22H18BrN3O3S. The number of hydrogen-bond acceptors (Lipinski definition) is 5. The molecule has 0 atom stereocenters. The standard InChI is InChI=1S/C22H18BrN3O3S/c1-28-19-10-7-15(8-11-19)21(27)29-20-12-9-17(23)13-16(20)14-24-26-22(30)25-18-5-3-2-4-6-18/h2-14H,1H3,(H2,25,26,30)/b24-14-. The SMILES string of the molecule is COc1ccc(C(=O)Oc2ccc(Br)cc2/C=N\NC(=S)Nc2ccccc2)cc1. The predicted molar refractivity (Wildman–Crippen MR) is 125 cm³/mol. The van der Waals surface area contributed by atoms with Crippen LogP contribution in [0.2, 0.25) is 0 Å². The fourth-order valence-electron chi connectivity index (χ4n) is 2.44. The Labute approximate surface area is 188 Å². The van der Waals surface area contributed by atoms with Crippen LogP contribution in [-0.2, 0) is 0 Å². The zero-order valence-corrected chi connectivity index (χ0v) is 18.4. The summed E-state index contributed by atoms with van der Waals surface area (Å²) in [5.41, 5.74) is 4.60. The smallest absolute Gasteiger partial charge is 0.343 e. The van der Waals surface area contributed by atoms with E-state index >= 15 is 0 Å². The summed E-state index contributed by atoms with van der Waals surface area (Å²) in [4.78, 5) is 12.5. The van der Waals surface area contributed by atoms with E-state index in [0.29, 0.717) is 27.7 Å². The topological polar surface area (TPSA) is 72.0 Å². The molecule has 30 heavy (non-hydrogen) atoms. The van der Waals surface area contributed by atoms with Gasteiger partial charge in [0, 0.05) is 15.7 Å². The number of methoxy groups -OCH3 is 1. The van der Waals surface area contributed by atoms with E-state index in [-0.39, 0.29) is 0 Å². The van der Waals surface area contributed by atoms with Crippen molar-refractivity contribution < 1.29 is 14.3 Å². The monoisotopic (exact) mass is 483 g/mol. The lowest BCUT2D eigenvalue weighted by Crippen LogP contribution is -2.23. The Kier molecular flexibility index (Phi) is 7.53. The minimum absolute atomic E-state index is 0.337. The molecule has 0 saturated heterocycles. The average Bonchev–Trinajstić information content (AvgIpc) is 2.76. The molecule has 6 nitrogen and oxygen atoms in total. The summed E-state index contributed by atoms with van der Waals surface area (Å²) in [5, 5.41) is 7.49. The van der Waals surface area contributed by atoms with Gasteiger partial charge in [-0.15, -0.1) is 0 Å². The number of hydrogen-bond donors (Lipinski definition) is 2. The van der Waals surface area contributed by atoms with Crippen LogP contribution in [0.5, 0.6) is 11.5 Å². The average molecular weight is 484 g/mol. The number of halogens is 1. The first-order chi connectivity index (χ1) is 14.5. The Morgan fingerprint density at radius 3 is 2.50 bits per heavy atom. The maximum absolute atomic E-state index is 12.5. The van der Waals surface area contributed by atoms with Gasteiger partial charge in [-0.1, -0.05) is 34.1 Å². The Bertz CT molecular complexity index is 1060. The Balaban J connectivity index is 1.67. The molecule has 0 amide bonds. The van der Waals surface area contributed by atoms with Crippen molar-refractivity contribution in [1.29, 1.82) is 0 Å². The molecule has 0 unspecified atom stereocenters. The van der Waals surface area contributed by atoms with Gasteiger partial charge < -0.3 is 14.8 Å². The summed E-state index contributed by atoms with van der Waals surface area (Å²) in [6, 6.07) is 21.4. The Hall–Kier alpha value is -3.23. The van der Waals surface area contributed by atoms with Crippen molar-refractivity contribution in [3.63, 3.8) is 0 Å². The largest absolute Gasteiger partial charge is 0.497 e. The highest BCUT2D eigenvalue weighted by atomic mass is 79.9. The van der Waals surface area contributed by atoms with E-state index in [4.69, 9.17) is 21.7 Å². The van der Waals surface area contributed by atoms with E-state index < -0.39 is 5.97 Å². The van der Waals surface area contributed by atoms with Crippen molar-refractivity contribution in [3.05, 3.63) is 88.4 Å². The first-order valence-corrected chi connectivity index (χ1v) is 10.1. The number of ether oxygens (including phenoxy) is 2. The fraction of sp³-hybridized carbons (Fsp3) is 0.0455. The summed E-state index contributed by atoms with van der Waals surface area (Å²) < 4.78 is 11.5. The van der Waals surface area contributed by atoms with Gasteiger partial charge in [0.25, 0.3) is 0 Å². The molecule has 3 rings (SSSR count). The van der Waals surface area contributed by atoms with Gasteiger partial charge in [0.15, 0.2) is 5.11 Å². The van der Waals surface area contributed by atoms with Crippen LogP contribution >= 0.6 is 28.1 Å². The maximum Gasteiger partial charge on any atom is 0.343 e. The number of rotatable bonds is 6. The van der Waals surface area contributed by atoms with E-state index in [0.717, 1.165) is 10.2 Å². The number of hydrazone groups is 1. The molecule has 0 saturated carbocycles. The van der Waals surface area contributed by atoms with Crippen molar-refractivity contribution >= 4 is 51.1 Å². The Morgan fingerprint density at radius 2 is 1.80 bits per heavy atom. The first-order valence-electron chi connectivity index (χ1n) is 8.86. The van der Waals surface area contributed by atoms with E-state index in [2.05, 4.69) is 31.8 Å². The molecule has 8 heteroatoms. The number of carbonyl (C=O) groups excluding carboxylic acids is 1. The quantitative estimate of drug-likeness (QED) is 0.169. The van der Waals surface area contributed by atoms with E-state index in [1.165, 1.54) is 6.21 Å². The summed E-state index contributed by atoms with van der Waals surface area (Å²) in [6.45, 7) is 0. The molecule has 3 aromatic rings. The molecule has 0 aliphatic carbocycles. The molecule has 0 aromatic heterocycles. The number of nitrogens with zero attached hydrogens (tertiary/aromatic N) is 1. The first kappa shape index (κ1) is 21.5. The highest BCUT2D eigenvalue weighted by Crippen LogP contribution is 2.23. The van der Waals surface area contributed by atoms with Gasteiger partial charge in [-0.2, -0.15) is 5.10 Å².